The maximum Gasteiger partial charge on any atom is -0.000837 e. The van der Waals surface area contributed by atoms with Gasteiger partial charge in [-0.1, -0.05) is 18.6 Å². The number of hydrogen-bond donors (Lipinski definition) is 2. The first kappa shape index (κ1) is 15.7. The highest BCUT2D eigenvalue weighted by atomic mass is 14.9. The molecule has 1 saturated heterocycles. The number of nitrogens with one attached hydrogen (secondary N) is 2. The SMILES string of the molecule is CC=C(C)C.CCCNCC1CCCNC1. The van der Waals surface area contributed by atoms with Gasteiger partial charge in [-0.15, -0.1) is 0 Å². The van der Waals surface area contributed by atoms with Crippen LogP contribution < -0.4 is 10.6 Å². The number of allylic oxidation sites excluding steroid dienone is 2. The lowest BCUT2D eigenvalue weighted by atomic mass is 10.00. The first-order valence-electron chi connectivity index (χ1n) is 6.71. The van der Waals surface area contributed by atoms with Crippen molar-refractivity contribution in [2.45, 2.75) is 47.0 Å². The van der Waals surface area contributed by atoms with E-state index >= 15 is 0 Å². The molecule has 0 aromatic heterocycles. The van der Waals surface area contributed by atoms with Crippen LogP contribution in [0.2, 0.25) is 0 Å². The Labute approximate surface area is 102 Å². The molecule has 1 heterocycles. The smallest absolute Gasteiger partial charge is 0.000837 e. The lowest BCUT2D eigenvalue weighted by molar-refractivity contribution is 0.361. The molecule has 2 nitrogen and oxygen atoms in total. The minimum absolute atomic E-state index is 0.885. The van der Waals surface area contributed by atoms with Gasteiger partial charge in [0.15, 0.2) is 0 Å². The van der Waals surface area contributed by atoms with E-state index in [2.05, 4.69) is 37.5 Å². The van der Waals surface area contributed by atoms with Gasteiger partial charge in [-0.2, -0.15) is 0 Å². The van der Waals surface area contributed by atoms with E-state index in [4.69, 9.17) is 0 Å². The lowest BCUT2D eigenvalue weighted by Gasteiger charge is -2.22. The van der Waals surface area contributed by atoms with Crippen molar-refractivity contribution in [2.75, 3.05) is 26.2 Å². The van der Waals surface area contributed by atoms with Crippen molar-refractivity contribution < 1.29 is 0 Å². The normalized spacial score (nSPS) is 19.6. The molecule has 0 radical (unpaired) electrons. The average Bonchev–Trinajstić information content (AvgIpc) is 2.31. The van der Waals surface area contributed by atoms with E-state index in [9.17, 15) is 0 Å². The predicted octanol–water partition coefficient (Wildman–Crippen LogP) is 2.96. The van der Waals surface area contributed by atoms with Crippen LogP contribution in [0.5, 0.6) is 0 Å². The van der Waals surface area contributed by atoms with Gasteiger partial charge in [-0.3, -0.25) is 0 Å². The van der Waals surface area contributed by atoms with Gasteiger partial charge < -0.3 is 10.6 Å². The average molecular weight is 226 g/mol. The Bertz CT molecular complexity index is 166. The number of hydrogen-bond acceptors (Lipinski definition) is 2. The molecule has 2 heteroatoms. The molecule has 16 heavy (non-hydrogen) atoms. The topological polar surface area (TPSA) is 24.1 Å². The molecular formula is C14H30N2. The molecule has 1 rings (SSSR count). The molecule has 1 aliphatic heterocycles. The van der Waals surface area contributed by atoms with Gasteiger partial charge in [0.1, 0.15) is 0 Å². The molecule has 1 unspecified atom stereocenters. The monoisotopic (exact) mass is 226 g/mol. The molecule has 0 spiro atoms. The first-order chi connectivity index (χ1) is 7.70. The van der Waals surface area contributed by atoms with Crippen molar-refractivity contribution in [3.63, 3.8) is 0 Å². The molecular weight excluding hydrogens is 196 g/mol. The largest absolute Gasteiger partial charge is 0.316 e. The number of piperidine rings is 1. The van der Waals surface area contributed by atoms with Crippen LogP contribution in [0.25, 0.3) is 0 Å². The van der Waals surface area contributed by atoms with Gasteiger partial charge in [0.05, 0.1) is 0 Å². The summed E-state index contributed by atoms with van der Waals surface area (Å²) in [5.74, 6) is 0.885. The van der Waals surface area contributed by atoms with E-state index in [-0.39, 0.29) is 0 Å². The Kier molecular flexibility index (Phi) is 10.9. The zero-order chi connectivity index (χ0) is 12.2. The van der Waals surface area contributed by atoms with Crippen LogP contribution in [0, 0.1) is 5.92 Å². The summed E-state index contributed by atoms with van der Waals surface area (Å²) < 4.78 is 0. The molecule has 0 amide bonds. The molecule has 0 saturated carbocycles. The second kappa shape index (κ2) is 11.2. The second-order valence-electron chi connectivity index (χ2n) is 4.78. The van der Waals surface area contributed by atoms with Gasteiger partial charge in [0, 0.05) is 0 Å². The molecule has 0 aliphatic carbocycles. The van der Waals surface area contributed by atoms with E-state index in [1.807, 2.05) is 6.92 Å². The minimum Gasteiger partial charge on any atom is -0.316 e. The van der Waals surface area contributed by atoms with Crippen LogP contribution in [0.15, 0.2) is 11.6 Å². The molecule has 2 N–H and O–H groups in total. The highest BCUT2D eigenvalue weighted by molar-refractivity contribution is 4.88. The fourth-order valence-corrected chi connectivity index (χ4v) is 1.58. The van der Waals surface area contributed by atoms with Crippen LogP contribution in [0.1, 0.15) is 47.0 Å². The highest BCUT2D eigenvalue weighted by Gasteiger charge is 2.11. The van der Waals surface area contributed by atoms with Crippen molar-refractivity contribution in [1.29, 1.82) is 0 Å². The summed E-state index contributed by atoms with van der Waals surface area (Å²) in [4.78, 5) is 0. The summed E-state index contributed by atoms with van der Waals surface area (Å²) in [7, 11) is 0. The van der Waals surface area contributed by atoms with Crippen LogP contribution in [0.3, 0.4) is 0 Å². The van der Waals surface area contributed by atoms with E-state index < -0.39 is 0 Å². The maximum atomic E-state index is 3.46. The maximum absolute atomic E-state index is 3.46. The fourth-order valence-electron chi connectivity index (χ4n) is 1.58. The summed E-state index contributed by atoms with van der Waals surface area (Å²) in [5, 5.41) is 6.89. The summed E-state index contributed by atoms with van der Waals surface area (Å²) >= 11 is 0. The number of rotatable bonds is 4. The van der Waals surface area contributed by atoms with Crippen molar-refractivity contribution in [3.05, 3.63) is 11.6 Å². The first-order valence-corrected chi connectivity index (χ1v) is 6.71. The second-order valence-corrected chi connectivity index (χ2v) is 4.78. The van der Waals surface area contributed by atoms with Crippen molar-refractivity contribution >= 4 is 0 Å². The standard InChI is InChI=1S/C9H20N2.C5H10/c1-2-5-10-7-9-4-3-6-11-8-9;1-4-5(2)3/h9-11H,2-8H2,1H3;4H,1-3H3. The molecule has 0 bridgehead atoms. The predicted molar refractivity (Wildman–Crippen MR) is 73.9 cm³/mol. The Balaban J connectivity index is 0.000000385. The Morgan fingerprint density at radius 1 is 1.44 bits per heavy atom. The summed E-state index contributed by atoms with van der Waals surface area (Å²) in [5.41, 5.74) is 1.38. The Morgan fingerprint density at radius 2 is 2.12 bits per heavy atom. The molecule has 1 atom stereocenters. The van der Waals surface area contributed by atoms with Crippen LogP contribution in [0.4, 0.5) is 0 Å². The van der Waals surface area contributed by atoms with E-state index in [1.165, 1.54) is 51.0 Å². The van der Waals surface area contributed by atoms with Crippen molar-refractivity contribution in [1.82, 2.24) is 10.6 Å². The van der Waals surface area contributed by atoms with Gasteiger partial charge in [-0.05, 0) is 72.1 Å². The Morgan fingerprint density at radius 3 is 2.56 bits per heavy atom. The van der Waals surface area contributed by atoms with E-state index in [0.29, 0.717) is 0 Å². The zero-order valence-corrected chi connectivity index (χ0v) is 11.6. The van der Waals surface area contributed by atoms with Gasteiger partial charge >= 0.3 is 0 Å². The van der Waals surface area contributed by atoms with Crippen LogP contribution in [-0.2, 0) is 0 Å². The van der Waals surface area contributed by atoms with Crippen molar-refractivity contribution in [2.24, 2.45) is 5.92 Å². The van der Waals surface area contributed by atoms with Gasteiger partial charge in [0.25, 0.3) is 0 Å². The van der Waals surface area contributed by atoms with E-state index in [0.717, 1.165) is 5.92 Å². The quantitative estimate of drug-likeness (QED) is 0.569. The van der Waals surface area contributed by atoms with Gasteiger partial charge in [0.2, 0.25) is 0 Å². The summed E-state index contributed by atoms with van der Waals surface area (Å²) in [6.45, 7) is 13.2. The molecule has 1 fully saturated rings. The molecule has 0 aromatic rings. The van der Waals surface area contributed by atoms with Crippen LogP contribution in [-0.4, -0.2) is 26.2 Å². The highest BCUT2D eigenvalue weighted by Crippen LogP contribution is 2.07. The van der Waals surface area contributed by atoms with Crippen LogP contribution >= 0.6 is 0 Å². The molecule has 0 aromatic carbocycles. The third-order valence-corrected chi connectivity index (χ3v) is 2.84. The summed E-state index contributed by atoms with van der Waals surface area (Å²) in [6.07, 6.45) is 6.10. The zero-order valence-electron chi connectivity index (χ0n) is 11.6. The fraction of sp³-hybridized carbons (Fsp3) is 0.857. The molecule has 96 valence electrons. The van der Waals surface area contributed by atoms with Gasteiger partial charge in [-0.25, -0.2) is 0 Å². The minimum atomic E-state index is 0.885. The third kappa shape index (κ3) is 10.2. The third-order valence-electron chi connectivity index (χ3n) is 2.84. The van der Waals surface area contributed by atoms with E-state index in [1.54, 1.807) is 0 Å². The summed E-state index contributed by atoms with van der Waals surface area (Å²) in [6, 6.07) is 0. The van der Waals surface area contributed by atoms with Crippen molar-refractivity contribution in [3.8, 4) is 0 Å². The Hall–Kier alpha value is -0.340. The molecule has 1 aliphatic rings. The lowest BCUT2D eigenvalue weighted by Crippen LogP contribution is -2.36.